The molecule has 0 spiro atoms. The van der Waals surface area contributed by atoms with Crippen LogP contribution in [0, 0.1) is 13.8 Å². The van der Waals surface area contributed by atoms with Crippen LogP contribution in [0.4, 0.5) is 0 Å². The SMILES string of the molecule is Cc1ccc(OCCCC(=O)NCCc2cc(O)c(O)cc2C)cc1. The Hall–Kier alpha value is -2.69. The number of hydrogen-bond acceptors (Lipinski definition) is 4. The maximum Gasteiger partial charge on any atom is 0.220 e. The molecule has 25 heavy (non-hydrogen) atoms. The number of hydrogen-bond donors (Lipinski definition) is 3. The lowest BCUT2D eigenvalue weighted by Gasteiger charge is -2.10. The summed E-state index contributed by atoms with van der Waals surface area (Å²) in [7, 11) is 0. The summed E-state index contributed by atoms with van der Waals surface area (Å²) in [6, 6.07) is 10.9. The van der Waals surface area contributed by atoms with Crippen LogP contribution in [0.15, 0.2) is 36.4 Å². The van der Waals surface area contributed by atoms with Crippen LogP contribution in [0.1, 0.15) is 29.5 Å². The van der Waals surface area contributed by atoms with Gasteiger partial charge in [-0.15, -0.1) is 0 Å². The molecule has 0 atom stereocenters. The topological polar surface area (TPSA) is 78.8 Å². The number of nitrogens with one attached hydrogen (secondary N) is 1. The summed E-state index contributed by atoms with van der Waals surface area (Å²) in [4.78, 5) is 11.8. The number of carbonyl (C=O) groups is 1. The van der Waals surface area contributed by atoms with Crippen LogP contribution in [0.25, 0.3) is 0 Å². The van der Waals surface area contributed by atoms with Crippen LogP contribution in [-0.4, -0.2) is 29.3 Å². The maximum absolute atomic E-state index is 11.8. The molecule has 134 valence electrons. The fraction of sp³-hybridized carbons (Fsp3) is 0.350. The van der Waals surface area contributed by atoms with Gasteiger partial charge in [-0.05, 0) is 62.1 Å². The normalized spacial score (nSPS) is 10.5. The van der Waals surface area contributed by atoms with Crippen molar-refractivity contribution in [2.45, 2.75) is 33.1 Å². The predicted octanol–water partition coefficient (Wildman–Crippen LogP) is 3.23. The highest BCUT2D eigenvalue weighted by atomic mass is 16.5. The molecule has 5 heteroatoms. The third-order valence-corrected chi connectivity index (χ3v) is 3.99. The molecule has 0 radical (unpaired) electrons. The van der Waals surface area contributed by atoms with Crippen molar-refractivity contribution in [3.63, 3.8) is 0 Å². The number of amides is 1. The zero-order valence-electron chi connectivity index (χ0n) is 14.7. The van der Waals surface area contributed by atoms with E-state index in [0.29, 0.717) is 32.4 Å². The van der Waals surface area contributed by atoms with Crippen molar-refractivity contribution in [3.8, 4) is 17.2 Å². The highest BCUT2D eigenvalue weighted by Gasteiger charge is 2.07. The third kappa shape index (κ3) is 6.03. The largest absolute Gasteiger partial charge is 0.504 e. The fourth-order valence-corrected chi connectivity index (χ4v) is 2.48. The molecule has 2 rings (SSSR count). The highest BCUT2D eigenvalue weighted by molar-refractivity contribution is 5.75. The molecule has 5 nitrogen and oxygen atoms in total. The zero-order valence-corrected chi connectivity index (χ0v) is 14.7. The van der Waals surface area contributed by atoms with E-state index in [1.165, 1.54) is 17.7 Å². The number of ether oxygens (including phenoxy) is 1. The Kier molecular flexibility index (Phi) is 6.69. The van der Waals surface area contributed by atoms with Gasteiger partial charge in [0.05, 0.1) is 6.61 Å². The molecule has 0 heterocycles. The van der Waals surface area contributed by atoms with Gasteiger partial charge in [0.15, 0.2) is 11.5 Å². The van der Waals surface area contributed by atoms with Gasteiger partial charge in [0.25, 0.3) is 0 Å². The van der Waals surface area contributed by atoms with Gasteiger partial charge in [0.2, 0.25) is 5.91 Å². The van der Waals surface area contributed by atoms with Gasteiger partial charge in [-0.3, -0.25) is 4.79 Å². The lowest BCUT2D eigenvalue weighted by molar-refractivity contribution is -0.121. The Morgan fingerprint density at radius 3 is 2.48 bits per heavy atom. The van der Waals surface area contributed by atoms with Crippen LogP contribution >= 0.6 is 0 Å². The molecule has 0 fully saturated rings. The molecule has 0 saturated heterocycles. The molecule has 0 aliphatic rings. The van der Waals surface area contributed by atoms with E-state index in [0.717, 1.165) is 16.9 Å². The van der Waals surface area contributed by atoms with Crippen LogP contribution in [-0.2, 0) is 11.2 Å². The van der Waals surface area contributed by atoms with Crippen LogP contribution < -0.4 is 10.1 Å². The second-order valence-electron chi connectivity index (χ2n) is 6.13. The van der Waals surface area contributed by atoms with Gasteiger partial charge in [-0.25, -0.2) is 0 Å². The number of aryl methyl sites for hydroxylation is 2. The van der Waals surface area contributed by atoms with E-state index in [-0.39, 0.29) is 17.4 Å². The maximum atomic E-state index is 11.8. The first kappa shape index (κ1) is 18.6. The minimum absolute atomic E-state index is 0.0202. The average molecular weight is 343 g/mol. The summed E-state index contributed by atoms with van der Waals surface area (Å²) in [5.74, 6) is 0.529. The number of carbonyl (C=O) groups excluding carboxylic acids is 1. The van der Waals surface area contributed by atoms with Crippen LogP contribution in [0.5, 0.6) is 17.2 Å². The molecule has 0 unspecified atom stereocenters. The first-order chi connectivity index (χ1) is 12.0. The van der Waals surface area contributed by atoms with Crippen molar-refractivity contribution in [1.29, 1.82) is 0 Å². The summed E-state index contributed by atoms with van der Waals surface area (Å²) in [6.45, 7) is 4.87. The first-order valence-electron chi connectivity index (χ1n) is 8.43. The Morgan fingerprint density at radius 1 is 1.08 bits per heavy atom. The molecule has 0 aromatic heterocycles. The van der Waals surface area contributed by atoms with Crippen molar-refractivity contribution in [2.75, 3.05) is 13.2 Å². The number of phenols is 2. The van der Waals surface area contributed by atoms with Crippen molar-refractivity contribution in [2.24, 2.45) is 0 Å². The van der Waals surface area contributed by atoms with Crippen LogP contribution in [0.2, 0.25) is 0 Å². The van der Waals surface area contributed by atoms with E-state index in [9.17, 15) is 15.0 Å². The lowest BCUT2D eigenvalue weighted by atomic mass is 10.0. The number of aromatic hydroxyl groups is 2. The Morgan fingerprint density at radius 2 is 1.76 bits per heavy atom. The average Bonchev–Trinajstić information content (AvgIpc) is 2.58. The molecule has 0 saturated carbocycles. The van der Waals surface area contributed by atoms with E-state index in [1.54, 1.807) is 0 Å². The fourth-order valence-electron chi connectivity index (χ4n) is 2.48. The molecule has 2 aromatic rings. The van der Waals surface area contributed by atoms with Gasteiger partial charge < -0.3 is 20.3 Å². The molecule has 2 aromatic carbocycles. The van der Waals surface area contributed by atoms with Gasteiger partial charge in [-0.2, -0.15) is 0 Å². The van der Waals surface area contributed by atoms with Crippen molar-refractivity contribution < 1.29 is 19.7 Å². The summed E-state index contributed by atoms with van der Waals surface area (Å²) >= 11 is 0. The molecule has 0 aliphatic carbocycles. The number of phenolic OH excluding ortho intramolecular Hbond substituents is 2. The summed E-state index contributed by atoms with van der Waals surface area (Å²) in [6.07, 6.45) is 1.66. The minimum atomic E-state index is -0.139. The Labute approximate surface area is 148 Å². The molecular formula is C20H25NO4. The summed E-state index contributed by atoms with van der Waals surface area (Å²) in [5.41, 5.74) is 2.97. The van der Waals surface area contributed by atoms with E-state index in [1.807, 2.05) is 38.1 Å². The van der Waals surface area contributed by atoms with E-state index in [4.69, 9.17) is 4.74 Å². The van der Waals surface area contributed by atoms with E-state index in [2.05, 4.69) is 5.32 Å². The Bertz CT molecular complexity index is 710. The quantitative estimate of drug-likeness (QED) is 0.508. The van der Waals surface area contributed by atoms with E-state index >= 15 is 0 Å². The van der Waals surface area contributed by atoms with E-state index < -0.39 is 0 Å². The molecule has 3 N–H and O–H groups in total. The molecule has 0 bridgehead atoms. The van der Waals surface area contributed by atoms with Crippen molar-refractivity contribution in [1.82, 2.24) is 5.32 Å². The monoisotopic (exact) mass is 343 g/mol. The van der Waals surface area contributed by atoms with Crippen LogP contribution in [0.3, 0.4) is 0 Å². The van der Waals surface area contributed by atoms with Crippen molar-refractivity contribution in [3.05, 3.63) is 53.1 Å². The standard InChI is InChI=1S/C20H25NO4/c1-14-5-7-17(8-6-14)25-11-3-4-20(24)21-10-9-16-13-19(23)18(22)12-15(16)2/h5-8,12-13,22-23H,3-4,9-11H2,1-2H3,(H,21,24). The van der Waals surface area contributed by atoms with Gasteiger partial charge in [-0.1, -0.05) is 17.7 Å². The highest BCUT2D eigenvalue weighted by Crippen LogP contribution is 2.28. The summed E-state index contributed by atoms with van der Waals surface area (Å²) < 4.78 is 5.59. The molecule has 1 amide bonds. The second kappa shape index (κ2) is 8.97. The Balaban J connectivity index is 1.64. The second-order valence-corrected chi connectivity index (χ2v) is 6.13. The molecule has 0 aliphatic heterocycles. The summed E-state index contributed by atoms with van der Waals surface area (Å²) in [5, 5.41) is 21.8. The predicted molar refractivity (Wildman–Crippen MR) is 97.1 cm³/mol. The smallest absolute Gasteiger partial charge is 0.220 e. The zero-order chi connectivity index (χ0) is 18.2. The van der Waals surface area contributed by atoms with Gasteiger partial charge in [0.1, 0.15) is 5.75 Å². The third-order valence-electron chi connectivity index (χ3n) is 3.99. The van der Waals surface area contributed by atoms with Crippen molar-refractivity contribution >= 4 is 5.91 Å². The van der Waals surface area contributed by atoms with Gasteiger partial charge in [0, 0.05) is 13.0 Å². The molecular weight excluding hydrogens is 318 g/mol. The lowest BCUT2D eigenvalue weighted by Crippen LogP contribution is -2.26. The number of rotatable bonds is 8. The minimum Gasteiger partial charge on any atom is -0.504 e. The first-order valence-corrected chi connectivity index (χ1v) is 8.43. The van der Waals surface area contributed by atoms with Gasteiger partial charge >= 0.3 is 0 Å². The number of benzene rings is 2.